The van der Waals surface area contributed by atoms with Crippen LogP contribution in [0.1, 0.15) is 32.5 Å². The van der Waals surface area contributed by atoms with Gasteiger partial charge in [-0.2, -0.15) is 0 Å². The molecule has 3 rings (SSSR count). The molecule has 0 bridgehead atoms. The molecule has 0 radical (unpaired) electrons. The predicted octanol–water partition coefficient (Wildman–Crippen LogP) is 3.68. The highest BCUT2D eigenvalue weighted by Crippen LogP contribution is 2.30. The van der Waals surface area contributed by atoms with E-state index in [1.807, 2.05) is 43.0 Å². The van der Waals surface area contributed by atoms with Crippen molar-refractivity contribution in [2.45, 2.75) is 43.9 Å². The van der Waals surface area contributed by atoms with Crippen molar-refractivity contribution in [2.75, 3.05) is 13.1 Å². The molecule has 0 saturated carbocycles. The normalized spacial score (nSPS) is 17.4. The zero-order chi connectivity index (χ0) is 16.4. The third kappa shape index (κ3) is 3.66. The Morgan fingerprint density at radius 1 is 1.26 bits per heavy atom. The highest BCUT2D eigenvalue weighted by molar-refractivity contribution is 8.00. The minimum atomic E-state index is -0.124. The van der Waals surface area contributed by atoms with Crippen molar-refractivity contribution in [1.82, 2.24) is 14.9 Å². The molecule has 1 aromatic carbocycles. The molecule has 2 heterocycles. The number of piperidine rings is 1. The van der Waals surface area contributed by atoms with Crippen LogP contribution in [0, 0.1) is 12.8 Å². The van der Waals surface area contributed by atoms with Gasteiger partial charge in [-0.15, -0.1) is 0 Å². The number of thioether (sulfide) groups is 1. The quantitative estimate of drug-likeness (QED) is 0.636. The zero-order valence-corrected chi connectivity index (χ0v) is 14.8. The number of benzene rings is 1. The molecular weight excluding hydrogens is 306 g/mol. The third-order valence-electron chi connectivity index (χ3n) is 4.41. The third-order valence-corrected chi connectivity index (χ3v) is 5.50. The van der Waals surface area contributed by atoms with Gasteiger partial charge in [0, 0.05) is 18.5 Å². The van der Waals surface area contributed by atoms with Crippen molar-refractivity contribution in [3.05, 3.63) is 30.1 Å². The van der Waals surface area contributed by atoms with Crippen molar-refractivity contribution in [3.8, 4) is 0 Å². The van der Waals surface area contributed by atoms with Gasteiger partial charge in [0.1, 0.15) is 10.9 Å². The molecule has 23 heavy (non-hydrogen) atoms. The fraction of sp³-hybridized carbons (Fsp3) is 0.500. The van der Waals surface area contributed by atoms with E-state index in [1.54, 1.807) is 11.8 Å². The Labute approximate surface area is 141 Å². The van der Waals surface area contributed by atoms with E-state index in [1.165, 1.54) is 0 Å². The van der Waals surface area contributed by atoms with Crippen LogP contribution < -0.4 is 0 Å². The van der Waals surface area contributed by atoms with Gasteiger partial charge >= 0.3 is 0 Å². The molecule has 1 amide bonds. The van der Waals surface area contributed by atoms with Crippen LogP contribution in [-0.2, 0) is 4.79 Å². The van der Waals surface area contributed by atoms with Gasteiger partial charge in [0.2, 0.25) is 5.91 Å². The number of hydrogen-bond donors (Lipinski definition) is 0. The largest absolute Gasteiger partial charge is 0.342 e. The lowest BCUT2D eigenvalue weighted by molar-refractivity contribution is -0.131. The summed E-state index contributed by atoms with van der Waals surface area (Å²) in [6, 6.07) is 7.99. The second-order valence-electron chi connectivity index (χ2n) is 6.36. The first kappa shape index (κ1) is 16.2. The maximum absolute atomic E-state index is 12.7. The van der Waals surface area contributed by atoms with E-state index in [-0.39, 0.29) is 11.2 Å². The van der Waals surface area contributed by atoms with Gasteiger partial charge in [0.15, 0.2) is 0 Å². The Morgan fingerprint density at radius 3 is 2.70 bits per heavy atom. The van der Waals surface area contributed by atoms with E-state index in [0.717, 1.165) is 53.6 Å². The summed E-state index contributed by atoms with van der Waals surface area (Å²) in [4.78, 5) is 23.7. The first-order valence-electron chi connectivity index (χ1n) is 8.23. The van der Waals surface area contributed by atoms with Crippen molar-refractivity contribution in [2.24, 2.45) is 5.92 Å². The molecular formula is C18H23N3OS. The highest BCUT2D eigenvalue weighted by atomic mass is 32.2. The molecule has 122 valence electrons. The number of para-hydroxylation sites is 1. The Bertz CT molecular complexity index is 710. The molecule has 4 nitrogen and oxygen atoms in total. The van der Waals surface area contributed by atoms with Crippen molar-refractivity contribution < 1.29 is 4.79 Å². The predicted molar refractivity (Wildman–Crippen MR) is 94.6 cm³/mol. The number of carbonyl (C=O) groups excluding carboxylic acids is 1. The van der Waals surface area contributed by atoms with E-state index in [4.69, 9.17) is 0 Å². The molecule has 1 saturated heterocycles. The number of nitrogens with zero attached hydrogens (tertiary/aromatic N) is 3. The minimum Gasteiger partial charge on any atom is -0.342 e. The minimum absolute atomic E-state index is 0.124. The Kier molecular flexibility index (Phi) is 4.85. The number of rotatable bonds is 3. The summed E-state index contributed by atoms with van der Waals surface area (Å²) >= 11 is 1.55. The Hall–Kier alpha value is -1.62. The molecule has 1 aliphatic rings. The van der Waals surface area contributed by atoms with E-state index in [0.29, 0.717) is 0 Å². The standard InChI is InChI=1S/C18H23N3OS/c1-12-8-10-21(11-9-12)18(22)13(2)23-17-15-6-4-5-7-16(15)19-14(3)20-17/h4-7,12-13H,8-11H2,1-3H3/t13-/m1/s1. The number of likely N-dealkylation sites (tertiary alicyclic amines) is 1. The maximum Gasteiger partial charge on any atom is 0.235 e. The number of amides is 1. The van der Waals surface area contributed by atoms with Crippen LogP contribution >= 0.6 is 11.8 Å². The van der Waals surface area contributed by atoms with E-state index >= 15 is 0 Å². The summed E-state index contributed by atoms with van der Waals surface area (Å²) in [5.41, 5.74) is 0.939. The van der Waals surface area contributed by atoms with Gasteiger partial charge in [-0.05, 0) is 38.7 Å². The van der Waals surface area contributed by atoms with Crippen molar-refractivity contribution >= 4 is 28.6 Å². The lowest BCUT2D eigenvalue weighted by Crippen LogP contribution is -2.41. The molecule has 1 fully saturated rings. The zero-order valence-electron chi connectivity index (χ0n) is 14.0. The number of aryl methyl sites for hydroxylation is 1. The molecule has 2 aromatic rings. The van der Waals surface area contributed by atoms with Gasteiger partial charge in [-0.3, -0.25) is 4.79 Å². The summed E-state index contributed by atoms with van der Waals surface area (Å²) in [7, 11) is 0. The van der Waals surface area contributed by atoms with Crippen LogP contribution in [0.15, 0.2) is 29.3 Å². The lowest BCUT2D eigenvalue weighted by Gasteiger charge is -2.32. The number of hydrogen-bond acceptors (Lipinski definition) is 4. The van der Waals surface area contributed by atoms with Crippen LogP contribution in [0.25, 0.3) is 10.9 Å². The molecule has 5 heteroatoms. The Morgan fingerprint density at radius 2 is 1.96 bits per heavy atom. The molecule has 0 spiro atoms. The number of carbonyl (C=O) groups is 1. The average molecular weight is 329 g/mol. The fourth-order valence-corrected chi connectivity index (χ4v) is 4.02. The maximum atomic E-state index is 12.7. The van der Waals surface area contributed by atoms with Gasteiger partial charge in [0.25, 0.3) is 0 Å². The van der Waals surface area contributed by atoms with Crippen LogP contribution in [0.4, 0.5) is 0 Å². The summed E-state index contributed by atoms with van der Waals surface area (Å²) in [6.07, 6.45) is 2.22. The summed E-state index contributed by atoms with van der Waals surface area (Å²) < 4.78 is 0. The van der Waals surface area contributed by atoms with E-state index in [9.17, 15) is 4.79 Å². The molecule has 1 atom stereocenters. The molecule has 1 aromatic heterocycles. The first-order chi connectivity index (χ1) is 11.0. The SMILES string of the molecule is Cc1nc(S[C@H](C)C(=O)N2CCC(C)CC2)c2ccccc2n1. The number of fused-ring (bicyclic) bond motifs is 1. The number of aromatic nitrogens is 2. The van der Waals surface area contributed by atoms with Gasteiger partial charge in [-0.1, -0.05) is 36.9 Å². The van der Waals surface area contributed by atoms with Gasteiger partial charge in [0.05, 0.1) is 10.8 Å². The fourth-order valence-electron chi connectivity index (χ4n) is 2.95. The summed E-state index contributed by atoms with van der Waals surface area (Å²) in [5.74, 6) is 1.70. The van der Waals surface area contributed by atoms with Crippen LogP contribution in [-0.4, -0.2) is 39.1 Å². The smallest absolute Gasteiger partial charge is 0.235 e. The van der Waals surface area contributed by atoms with Gasteiger partial charge in [-0.25, -0.2) is 9.97 Å². The summed E-state index contributed by atoms with van der Waals surface area (Å²) in [5, 5.41) is 1.80. The van der Waals surface area contributed by atoms with Gasteiger partial charge < -0.3 is 4.90 Å². The molecule has 1 aliphatic heterocycles. The highest BCUT2D eigenvalue weighted by Gasteiger charge is 2.25. The second-order valence-corrected chi connectivity index (χ2v) is 7.69. The van der Waals surface area contributed by atoms with E-state index < -0.39 is 0 Å². The summed E-state index contributed by atoms with van der Waals surface area (Å²) in [6.45, 7) is 7.91. The van der Waals surface area contributed by atoms with Crippen LogP contribution in [0.2, 0.25) is 0 Å². The molecule has 0 unspecified atom stereocenters. The molecule has 0 N–H and O–H groups in total. The first-order valence-corrected chi connectivity index (χ1v) is 9.11. The molecule has 0 aliphatic carbocycles. The van der Waals surface area contributed by atoms with Crippen molar-refractivity contribution in [3.63, 3.8) is 0 Å². The second kappa shape index (κ2) is 6.87. The Balaban J connectivity index is 1.77. The van der Waals surface area contributed by atoms with Crippen LogP contribution in [0.5, 0.6) is 0 Å². The monoisotopic (exact) mass is 329 g/mol. The van der Waals surface area contributed by atoms with Crippen molar-refractivity contribution in [1.29, 1.82) is 0 Å². The van der Waals surface area contributed by atoms with Crippen LogP contribution in [0.3, 0.4) is 0 Å². The van der Waals surface area contributed by atoms with E-state index in [2.05, 4.69) is 16.9 Å². The topological polar surface area (TPSA) is 46.1 Å². The average Bonchev–Trinajstić information content (AvgIpc) is 2.54. The lowest BCUT2D eigenvalue weighted by atomic mass is 9.99.